The number of ether oxygens (including phenoxy) is 1. The molecule has 1 aliphatic heterocycles. The summed E-state index contributed by atoms with van der Waals surface area (Å²) >= 11 is 5.85. The summed E-state index contributed by atoms with van der Waals surface area (Å²) in [6.45, 7) is 3.26. The highest BCUT2D eigenvalue weighted by Gasteiger charge is 2.24. The molecule has 0 aliphatic carbocycles. The number of rotatable bonds is 5. The van der Waals surface area contributed by atoms with Gasteiger partial charge in [-0.05, 0) is 56.2 Å². The highest BCUT2D eigenvalue weighted by molar-refractivity contribution is 6.30. The fourth-order valence-electron chi connectivity index (χ4n) is 3.01. The first-order valence-corrected chi connectivity index (χ1v) is 9.43. The van der Waals surface area contributed by atoms with Gasteiger partial charge in [0.2, 0.25) is 0 Å². The summed E-state index contributed by atoms with van der Waals surface area (Å²) in [5.41, 5.74) is 1.74. The third-order valence-electron chi connectivity index (χ3n) is 4.67. The molecule has 0 aromatic heterocycles. The van der Waals surface area contributed by atoms with Gasteiger partial charge in [-0.2, -0.15) is 0 Å². The summed E-state index contributed by atoms with van der Waals surface area (Å²) in [5, 5.41) is 3.63. The van der Waals surface area contributed by atoms with Gasteiger partial charge in [0.25, 0.3) is 11.8 Å². The minimum absolute atomic E-state index is 0.0296. The smallest absolute Gasteiger partial charge is 0.260 e. The summed E-state index contributed by atoms with van der Waals surface area (Å²) in [6, 6.07) is 14.5. The van der Waals surface area contributed by atoms with E-state index in [0.29, 0.717) is 29.4 Å². The van der Waals surface area contributed by atoms with Crippen molar-refractivity contribution >= 4 is 23.4 Å². The van der Waals surface area contributed by atoms with E-state index in [9.17, 15) is 9.59 Å². The van der Waals surface area contributed by atoms with Crippen LogP contribution in [0.5, 0.6) is 5.75 Å². The zero-order valence-electron chi connectivity index (χ0n) is 15.3. The van der Waals surface area contributed by atoms with Crippen LogP contribution >= 0.6 is 11.6 Å². The Morgan fingerprint density at radius 3 is 2.33 bits per heavy atom. The average Bonchev–Trinajstić information content (AvgIpc) is 2.68. The SMILES string of the molecule is Cc1ccc(OCC(=O)N2CCC(NC(=O)c3ccc(Cl)cc3)CC2)cc1. The first kappa shape index (κ1) is 19.2. The summed E-state index contributed by atoms with van der Waals surface area (Å²) < 4.78 is 5.56. The van der Waals surface area contributed by atoms with Crippen LogP contribution in [0.2, 0.25) is 5.02 Å². The maximum absolute atomic E-state index is 12.3. The lowest BCUT2D eigenvalue weighted by Gasteiger charge is -2.32. The topological polar surface area (TPSA) is 58.6 Å². The Balaban J connectivity index is 1.42. The monoisotopic (exact) mass is 386 g/mol. The van der Waals surface area contributed by atoms with Gasteiger partial charge in [0.05, 0.1) is 0 Å². The van der Waals surface area contributed by atoms with Crippen molar-refractivity contribution in [2.24, 2.45) is 0 Å². The van der Waals surface area contributed by atoms with Gasteiger partial charge in [-0.15, -0.1) is 0 Å². The van der Waals surface area contributed by atoms with Crippen molar-refractivity contribution in [2.45, 2.75) is 25.8 Å². The van der Waals surface area contributed by atoms with Crippen LogP contribution in [0.4, 0.5) is 0 Å². The minimum Gasteiger partial charge on any atom is -0.484 e. The third kappa shape index (κ3) is 5.47. The summed E-state index contributed by atoms with van der Waals surface area (Å²) in [5.74, 6) is 0.552. The number of carbonyl (C=O) groups is 2. The maximum atomic E-state index is 12.3. The van der Waals surface area contributed by atoms with E-state index in [4.69, 9.17) is 16.3 Å². The predicted octanol–water partition coefficient (Wildman–Crippen LogP) is 3.45. The molecule has 2 aromatic rings. The second-order valence-corrected chi connectivity index (χ2v) is 7.17. The number of amides is 2. The number of hydrogen-bond donors (Lipinski definition) is 1. The Kier molecular flexibility index (Phi) is 6.35. The standard InChI is InChI=1S/C21H23ClN2O3/c1-15-2-8-19(9-3-15)27-14-20(25)24-12-10-18(11-13-24)23-21(26)16-4-6-17(22)7-5-16/h2-9,18H,10-14H2,1H3,(H,23,26). The molecule has 1 fully saturated rings. The van der Waals surface area contributed by atoms with Crippen LogP contribution in [0, 0.1) is 6.92 Å². The molecule has 0 unspecified atom stereocenters. The number of likely N-dealkylation sites (tertiary alicyclic amines) is 1. The number of benzene rings is 2. The Morgan fingerprint density at radius 2 is 1.70 bits per heavy atom. The first-order chi connectivity index (χ1) is 13.0. The lowest BCUT2D eigenvalue weighted by Crippen LogP contribution is -2.47. The second-order valence-electron chi connectivity index (χ2n) is 6.74. The molecule has 2 amide bonds. The number of piperidine rings is 1. The van der Waals surface area contributed by atoms with E-state index in [1.165, 1.54) is 0 Å². The van der Waals surface area contributed by atoms with Crippen molar-refractivity contribution in [3.8, 4) is 5.75 Å². The molecular weight excluding hydrogens is 364 g/mol. The van der Waals surface area contributed by atoms with Gasteiger partial charge >= 0.3 is 0 Å². The van der Waals surface area contributed by atoms with E-state index >= 15 is 0 Å². The number of nitrogens with one attached hydrogen (secondary N) is 1. The quantitative estimate of drug-likeness (QED) is 0.856. The van der Waals surface area contributed by atoms with Gasteiger partial charge in [0.1, 0.15) is 5.75 Å². The van der Waals surface area contributed by atoms with Crippen LogP contribution in [-0.4, -0.2) is 42.5 Å². The van der Waals surface area contributed by atoms with Crippen LogP contribution in [0.15, 0.2) is 48.5 Å². The molecule has 0 bridgehead atoms. The number of hydrogen-bond acceptors (Lipinski definition) is 3. The van der Waals surface area contributed by atoms with E-state index in [-0.39, 0.29) is 24.5 Å². The van der Waals surface area contributed by atoms with Crippen LogP contribution in [-0.2, 0) is 4.79 Å². The fourth-order valence-corrected chi connectivity index (χ4v) is 3.14. The summed E-state index contributed by atoms with van der Waals surface area (Å²) in [6.07, 6.45) is 1.46. The second kappa shape index (κ2) is 8.91. The van der Waals surface area contributed by atoms with Crippen molar-refractivity contribution in [1.82, 2.24) is 10.2 Å². The Hall–Kier alpha value is -2.53. The maximum Gasteiger partial charge on any atom is 0.260 e. The van der Waals surface area contributed by atoms with Crippen molar-refractivity contribution in [3.05, 3.63) is 64.7 Å². The molecule has 0 spiro atoms. The van der Waals surface area contributed by atoms with Crippen molar-refractivity contribution in [2.75, 3.05) is 19.7 Å². The third-order valence-corrected chi connectivity index (χ3v) is 4.92. The molecule has 27 heavy (non-hydrogen) atoms. The number of halogens is 1. The number of nitrogens with zero attached hydrogens (tertiary/aromatic N) is 1. The van der Waals surface area contributed by atoms with Gasteiger partial charge in [0, 0.05) is 29.7 Å². The Labute approximate surface area is 164 Å². The average molecular weight is 387 g/mol. The lowest BCUT2D eigenvalue weighted by molar-refractivity contribution is -0.134. The molecule has 1 N–H and O–H groups in total. The van der Waals surface area contributed by atoms with Gasteiger partial charge in [-0.1, -0.05) is 29.3 Å². The molecule has 142 valence electrons. The van der Waals surface area contributed by atoms with E-state index in [0.717, 1.165) is 18.4 Å². The Bertz CT molecular complexity index is 782. The zero-order valence-corrected chi connectivity index (χ0v) is 16.0. The van der Waals surface area contributed by atoms with Crippen molar-refractivity contribution < 1.29 is 14.3 Å². The molecule has 0 radical (unpaired) electrons. The largest absolute Gasteiger partial charge is 0.484 e. The van der Waals surface area contributed by atoms with E-state index in [1.54, 1.807) is 29.2 Å². The number of aryl methyl sites for hydroxylation is 1. The van der Waals surface area contributed by atoms with Crippen LogP contribution in [0.1, 0.15) is 28.8 Å². The van der Waals surface area contributed by atoms with Crippen molar-refractivity contribution in [3.63, 3.8) is 0 Å². The van der Waals surface area contributed by atoms with Gasteiger partial charge in [0.15, 0.2) is 6.61 Å². The van der Waals surface area contributed by atoms with Gasteiger partial charge < -0.3 is 15.0 Å². The van der Waals surface area contributed by atoms with Gasteiger partial charge in [-0.25, -0.2) is 0 Å². The van der Waals surface area contributed by atoms with E-state index in [1.807, 2.05) is 31.2 Å². The number of carbonyl (C=O) groups excluding carboxylic acids is 2. The predicted molar refractivity (Wildman–Crippen MR) is 105 cm³/mol. The molecule has 0 saturated carbocycles. The molecule has 1 saturated heterocycles. The molecule has 1 aliphatic rings. The molecule has 1 heterocycles. The lowest BCUT2D eigenvalue weighted by atomic mass is 10.0. The van der Waals surface area contributed by atoms with E-state index < -0.39 is 0 Å². The fraction of sp³-hybridized carbons (Fsp3) is 0.333. The minimum atomic E-state index is -0.112. The molecule has 6 heteroatoms. The highest BCUT2D eigenvalue weighted by Crippen LogP contribution is 2.15. The zero-order chi connectivity index (χ0) is 19.2. The van der Waals surface area contributed by atoms with Crippen molar-refractivity contribution in [1.29, 1.82) is 0 Å². The molecular formula is C21H23ClN2O3. The van der Waals surface area contributed by atoms with Crippen LogP contribution in [0.3, 0.4) is 0 Å². The molecule has 5 nitrogen and oxygen atoms in total. The normalized spacial score (nSPS) is 14.7. The first-order valence-electron chi connectivity index (χ1n) is 9.05. The van der Waals surface area contributed by atoms with Gasteiger partial charge in [-0.3, -0.25) is 9.59 Å². The molecule has 0 atom stereocenters. The molecule has 2 aromatic carbocycles. The Morgan fingerprint density at radius 1 is 1.07 bits per heavy atom. The molecule has 3 rings (SSSR count). The van der Waals surface area contributed by atoms with Crippen LogP contribution in [0.25, 0.3) is 0 Å². The van der Waals surface area contributed by atoms with Crippen LogP contribution < -0.4 is 10.1 Å². The summed E-state index contributed by atoms with van der Waals surface area (Å²) in [4.78, 5) is 26.4. The summed E-state index contributed by atoms with van der Waals surface area (Å²) in [7, 11) is 0. The highest BCUT2D eigenvalue weighted by atomic mass is 35.5. The van der Waals surface area contributed by atoms with E-state index in [2.05, 4.69) is 5.32 Å².